The van der Waals surface area contributed by atoms with Crippen molar-refractivity contribution in [1.82, 2.24) is 4.90 Å². The molecule has 5 heteroatoms. The number of rotatable bonds is 4. The number of carbonyl (C=O) groups excluding carboxylic acids is 1. The quantitative estimate of drug-likeness (QED) is 0.851. The van der Waals surface area contributed by atoms with Crippen molar-refractivity contribution in [2.75, 3.05) is 25.4 Å². The van der Waals surface area contributed by atoms with Gasteiger partial charge in [-0.3, -0.25) is 4.79 Å². The van der Waals surface area contributed by atoms with Crippen molar-refractivity contribution in [3.8, 4) is 5.75 Å². The van der Waals surface area contributed by atoms with E-state index in [9.17, 15) is 4.79 Å². The molecule has 0 N–H and O–H groups in total. The Balaban J connectivity index is 1.51. The zero-order valence-corrected chi connectivity index (χ0v) is 13.9. The van der Waals surface area contributed by atoms with Gasteiger partial charge in [-0.05, 0) is 30.0 Å². The zero-order valence-electron chi connectivity index (χ0n) is 12.3. The summed E-state index contributed by atoms with van der Waals surface area (Å²) in [6, 6.07) is 13.8. The van der Waals surface area contributed by atoms with E-state index in [4.69, 9.17) is 4.74 Å². The van der Waals surface area contributed by atoms with Crippen molar-refractivity contribution in [1.29, 1.82) is 0 Å². The maximum Gasteiger partial charge on any atom is 0.260 e. The third-order valence-electron chi connectivity index (χ3n) is 3.66. The van der Waals surface area contributed by atoms with E-state index in [1.165, 1.54) is 4.88 Å². The van der Waals surface area contributed by atoms with Crippen LogP contribution < -0.4 is 4.74 Å². The first kappa shape index (κ1) is 15.4. The smallest absolute Gasteiger partial charge is 0.260 e. The fourth-order valence-electron chi connectivity index (χ4n) is 2.47. The normalized spacial score (nSPS) is 18.7. The minimum atomic E-state index is 0.0799. The Bertz CT molecular complexity index is 586. The summed E-state index contributed by atoms with van der Waals surface area (Å²) in [4.78, 5) is 15.7. The number of hydrogen-bond donors (Lipinski definition) is 0. The van der Waals surface area contributed by atoms with E-state index in [0.29, 0.717) is 5.25 Å². The number of carbonyl (C=O) groups is 1. The molecule has 0 spiro atoms. The van der Waals surface area contributed by atoms with Gasteiger partial charge in [0.2, 0.25) is 0 Å². The number of thiophene rings is 1. The van der Waals surface area contributed by atoms with Crippen LogP contribution in [0.3, 0.4) is 0 Å². The molecule has 1 atom stereocenters. The van der Waals surface area contributed by atoms with Crippen LogP contribution >= 0.6 is 23.1 Å². The summed E-state index contributed by atoms with van der Waals surface area (Å²) < 4.78 is 5.56. The van der Waals surface area contributed by atoms with Crippen molar-refractivity contribution in [2.45, 2.75) is 11.7 Å². The molecule has 0 aliphatic carbocycles. The molecule has 0 bridgehead atoms. The molecule has 3 rings (SSSR count). The second-order valence-electron chi connectivity index (χ2n) is 5.15. The van der Waals surface area contributed by atoms with Gasteiger partial charge in [0.05, 0.1) is 0 Å². The van der Waals surface area contributed by atoms with Crippen LogP contribution in [0.5, 0.6) is 5.75 Å². The molecule has 1 aliphatic rings. The van der Waals surface area contributed by atoms with Crippen molar-refractivity contribution in [3.63, 3.8) is 0 Å². The van der Waals surface area contributed by atoms with E-state index in [0.717, 1.165) is 31.0 Å². The molecule has 0 radical (unpaired) electrons. The summed E-state index contributed by atoms with van der Waals surface area (Å²) in [6.07, 6.45) is 1.02. The molecule has 1 amide bonds. The molecule has 2 heterocycles. The number of nitrogens with zero attached hydrogens (tertiary/aromatic N) is 1. The third-order valence-corrected chi connectivity index (χ3v) is 6.11. The monoisotopic (exact) mass is 333 g/mol. The van der Waals surface area contributed by atoms with Gasteiger partial charge >= 0.3 is 0 Å². The molecule has 3 nitrogen and oxygen atoms in total. The average molecular weight is 333 g/mol. The molecule has 1 fully saturated rings. The van der Waals surface area contributed by atoms with Crippen molar-refractivity contribution >= 4 is 29.0 Å². The van der Waals surface area contributed by atoms with E-state index in [1.54, 1.807) is 11.3 Å². The fourth-order valence-corrected chi connectivity index (χ4v) is 4.71. The SMILES string of the molecule is O=C(COc1ccccc1)N1CCSC(c2cccs2)CC1. The molecule has 2 aromatic rings. The van der Waals surface area contributed by atoms with Crippen molar-refractivity contribution in [2.24, 2.45) is 0 Å². The van der Waals surface area contributed by atoms with Crippen LogP contribution in [-0.2, 0) is 4.79 Å². The number of hydrogen-bond acceptors (Lipinski definition) is 4. The van der Waals surface area contributed by atoms with E-state index < -0.39 is 0 Å². The van der Waals surface area contributed by atoms with Crippen LogP contribution in [0.15, 0.2) is 47.8 Å². The standard InChI is InChI=1S/C17H19NO2S2/c19-17(13-20-14-5-2-1-3-6-14)18-9-8-16(22-12-10-18)15-7-4-11-21-15/h1-7,11,16H,8-10,12-13H2. The Hall–Kier alpha value is -1.46. The molecule has 0 saturated carbocycles. The number of amides is 1. The largest absolute Gasteiger partial charge is 0.484 e. The Labute approximate surface area is 139 Å². The van der Waals surface area contributed by atoms with Crippen LogP contribution in [0.1, 0.15) is 16.5 Å². The predicted octanol–water partition coefficient (Wildman–Crippen LogP) is 3.83. The molecule has 1 unspecified atom stereocenters. The van der Waals surface area contributed by atoms with Gasteiger partial charge in [-0.2, -0.15) is 11.8 Å². The number of thioether (sulfide) groups is 1. The number of ether oxygens (including phenoxy) is 1. The lowest BCUT2D eigenvalue weighted by Crippen LogP contribution is -2.36. The maximum absolute atomic E-state index is 12.3. The van der Waals surface area contributed by atoms with Crippen LogP contribution in [-0.4, -0.2) is 36.3 Å². The predicted molar refractivity (Wildman–Crippen MR) is 92.7 cm³/mol. The van der Waals surface area contributed by atoms with Gasteiger partial charge in [-0.25, -0.2) is 0 Å². The van der Waals surface area contributed by atoms with Gasteiger partial charge in [0.25, 0.3) is 5.91 Å². The number of para-hydroxylation sites is 1. The molecule has 1 aromatic heterocycles. The first-order chi connectivity index (χ1) is 10.8. The summed E-state index contributed by atoms with van der Waals surface area (Å²) in [5, 5.41) is 2.64. The molecule has 1 saturated heterocycles. The summed E-state index contributed by atoms with van der Waals surface area (Å²) >= 11 is 3.76. The summed E-state index contributed by atoms with van der Waals surface area (Å²) in [6.45, 7) is 1.74. The second-order valence-corrected chi connectivity index (χ2v) is 7.44. The highest BCUT2D eigenvalue weighted by molar-refractivity contribution is 7.99. The molecule has 1 aromatic carbocycles. The van der Waals surface area contributed by atoms with Gasteiger partial charge in [0.15, 0.2) is 6.61 Å². The van der Waals surface area contributed by atoms with Crippen LogP contribution in [0.25, 0.3) is 0 Å². The van der Waals surface area contributed by atoms with E-state index in [-0.39, 0.29) is 12.5 Å². The van der Waals surface area contributed by atoms with Gasteiger partial charge in [0, 0.05) is 29.0 Å². The van der Waals surface area contributed by atoms with Gasteiger partial charge in [-0.15, -0.1) is 11.3 Å². The van der Waals surface area contributed by atoms with Gasteiger partial charge in [-0.1, -0.05) is 24.3 Å². The Morgan fingerprint density at radius 1 is 1.18 bits per heavy atom. The Morgan fingerprint density at radius 2 is 2.05 bits per heavy atom. The highest BCUT2D eigenvalue weighted by atomic mass is 32.2. The van der Waals surface area contributed by atoms with Gasteiger partial charge < -0.3 is 9.64 Å². The molecule has 1 aliphatic heterocycles. The highest BCUT2D eigenvalue weighted by Crippen LogP contribution is 2.36. The molecule has 22 heavy (non-hydrogen) atoms. The zero-order chi connectivity index (χ0) is 15.2. The average Bonchev–Trinajstić information content (AvgIpc) is 2.98. The first-order valence-electron chi connectivity index (χ1n) is 7.43. The minimum absolute atomic E-state index is 0.0799. The third kappa shape index (κ3) is 4.05. The topological polar surface area (TPSA) is 29.5 Å². The summed E-state index contributed by atoms with van der Waals surface area (Å²) in [5.41, 5.74) is 0. The lowest BCUT2D eigenvalue weighted by atomic mass is 10.2. The summed E-state index contributed by atoms with van der Waals surface area (Å²) in [5.74, 6) is 1.81. The number of benzene rings is 1. The molecule has 116 valence electrons. The minimum Gasteiger partial charge on any atom is -0.484 e. The summed E-state index contributed by atoms with van der Waals surface area (Å²) in [7, 11) is 0. The van der Waals surface area contributed by atoms with E-state index in [1.807, 2.05) is 47.0 Å². The molecular weight excluding hydrogens is 314 g/mol. The second kappa shape index (κ2) is 7.70. The van der Waals surface area contributed by atoms with Crippen LogP contribution in [0.2, 0.25) is 0 Å². The first-order valence-corrected chi connectivity index (χ1v) is 9.36. The van der Waals surface area contributed by atoms with Gasteiger partial charge in [0.1, 0.15) is 5.75 Å². The van der Waals surface area contributed by atoms with Crippen molar-refractivity contribution < 1.29 is 9.53 Å². The highest BCUT2D eigenvalue weighted by Gasteiger charge is 2.22. The molecular formula is C17H19NO2S2. The van der Waals surface area contributed by atoms with Crippen LogP contribution in [0, 0.1) is 0 Å². The lowest BCUT2D eigenvalue weighted by Gasteiger charge is -2.20. The van der Waals surface area contributed by atoms with Crippen LogP contribution in [0.4, 0.5) is 0 Å². The van der Waals surface area contributed by atoms with E-state index in [2.05, 4.69) is 17.5 Å². The maximum atomic E-state index is 12.3. The Morgan fingerprint density at radius 3 is 2.82 bits per heavy atom. The van der Waals surface area contributed by atoms with Crippen molar-refractivity contribution in [3.05, 3.63) is 52.7 Å². The lowest BCUT2D eigenvalue weighted by molar-refractivity contribution is -0.133. The van der Waals surface area contributed by atoms with E-state index >= 15 is 0 Å². The Kier molecular flexibility index (Phi) is 5.40. The fraction of sp³-hybridized carbons (Fsp3) is 0.353.